The minimum Gasteiger partial charge on any atom is -0.338 e. The molecule has 0 amide bonds. The fourth-order valence-electron chi connectivity index (χ4n) is 1.71. The second-order valence-electron chi connectivity index (χ2n) is 4.03. The Hall–Kier alpha value is -0.550. The largest absolute Gasteiger partial charge is 0.338 e. The highest BCUT2D eigenvalue weighted by Crippen LogP contribution is 2.27. The molecule has 1 aliphatic heterocycles. The van der Waals surface area contributed by atoms with Gasteiger partial charge in [0, 0.05) is 11.7 Å². The Morgan fingerprint density at radius 3 is 3.07 bits per heavy atom. The molecule has 5 heteroatoms. The quantitative estimate of drug-likeness (QED) is 0.854. The van der Waals surface area contributed by atoms with Crippen LogP contribution in [0.3, 0.4) is 0 Å². The molecule has 1 aromatic rings. The standard InChI is InChI=1S/C10H17N3OS/c1-7(11)10-12-9(13-14-10)6-8-4-2-3-5-15-8/h7-8H,2-6,11H2,1H3. The van der Waals surface area contributed by atoms with E-state index in [-0.39, 0.29) is 6.04 Å². The highest BCUT2D eigenvalue weighted by Gasteiger charge is 2.18. The molecule has 0 bridgehead atoms. The van der Waals surface area contributed by atoms with Gasteiger partial charge in [0.2, 0.25) is 5.89 Å². The molecule has 0 aliphatic carbocycles. The molecule has 2 N–H and O–H groups in total. The van der Waals surface area contributed by atoms with E-state index in [4.69, 9.17) is 10.3 Å². The minimum absolute atomic E-state index is 0.162. The van der Waals surface area contributed by atoms with E-state index in [0.29, 0.717) is 11.1 Å². The Balaban J connectivity index is 1.91. The van der Waals surface area contributed by atoms with Gasteiger partial charge in [-0.05, 0) is 25.5 Å². The zero-order chi connectivity index (χ0) is 10.7. The van der Waals surface area contributed by atoms with Crippen LogP contribution in [0.1, 0.15) is 43.9 Å². The van der Waals surface area contributed by atoms with Gasteiger partial charge >= 0.3 is 0 Å². The molecule has 1 fully saturated rings. The first-order valence-electron chi connectivity index (χ1n) is 5.45. The number of nitrogens with zero attached hydrogens (tertiary/aromatic N) is 2. The van der Waals surface area contributed by atoms with Crippen molar-refractivity contribution in [3.05, 3.63) is 11.7 Å². The third-order valence-corrected chi connectivity index (χ3v) is 3.96. The average Bonchev–Trinajstić information content (AvgIpc) is 2.68. The van der Waals surface area contributed by atoms with Crippen LogP contribution in [0.15, 0.2) is 4.52 Å². The monoisotopic (exact) mass is 227 g/mol. The number of rotatable bonds is 3. The third kappa shape index (κ3) is 2.95. The predicted octanol–water partition coefficient (Wildman–Crippen LogP) is 1.92. The van der Waals surface area contributed by atoms with Crippen LogP contribution in [0, 0.1) is 0 Å². The summed E-state index contributed by atoms with van der Waals surface area (Å²) >= 11 is 2.02. The second kappa shape index (κ2) is 4.99. The molecular weight excluding hydrogens is 210 g/mol. The number of hydrogen-bond donors (Lipinski definition) is 1. The van der Waals surface area contributed by atoms with E-state index < -0.39 is 0 Å². The molecule has 2 unspecified atom stereocenters. The molecule has 0 saturated carbocycles. The summed E-state index contributed by atoms with van der Waals surface area (Å²) in [6.07, 6.45) is 4.86. The SMILES string of the molecule is CC(N)c1nc(CC2CCCCS2)no1. The molecule has 1 aromatic heterocycles. The zero-order valence-corrected chi connectivity index (χ0v) is 9.80. The fraction of sp³-hybridized carbons (Fsp3) is 0.800. The van der Waals surface area contributed by atoms with Crippen molar-refractivity contribution in [1.82, 2.24) is 10.1 Å². The molecule has 1 aliphatic rings. The van der Waals surface area contributed by atoms with Crippen molar-refractivity contribution in [2.75, 3.05) is 5.75 Å². The molecule has 2 heterocycles. The van der Waals surface area contributed by atoms with Gasteiger partial charge in [-0.1, -0.05) is 11.6 Å². The maximum atomic E-state index is 5.66. The molecule has 2 rings (SSSR count). The molecule has 0 aromatic carbocycles. The van der Waals surface area contributed by atoms with Gasteiger partial charge in [0.25, 0.3) is 0 Å². The Morgan fingerprint density at radius 1 is 1.60 bits per heavy atom. The van der Waals surface area contributed by atoms with Gasteiger partial charge in [0.15, 0.2) is 5.82 Å². The first-order chi connectivity index (χ1) is 7.25. The van der Waals surface area contributed by atoms with E-state index in [1.807, 2.05) is 18.7 Å². The first-order valence-corrected chi connectivity index (χ1v) is 6.50. The van der Waals surface area contributed by atoms with E-state index >= 15 is 0 Å². The van der Waals surface area contributed by atoms with Crippen LogP contribution in [0.4, 0.5) is 0 Å². The number of nitrogens with two attached hydrogens (primary N) is 1. The van der Waals surface area contributed by atoms with Gasteiger partial charge in [0.1, 0.15) is 0 Å². The maximum absolute atomic E-state index is 5.66. The van der Waals surface area contributed by atoms with E-state index in [1.54, 1.807) is 0 Å². The molecular formula is C10H17N3OS. The van der Waals surface area contributed by atoms with Crippen LogP contribution < -0.4 is 5.73 Å². The molecule has 15 heavy (non-hydrogen) atoms. The van der Waals surface area contributed by atoms with Gasteiger partial charge < -0.3 is 10.3 Å². The highest BCUT2D eigenvalue weighted by molar-refractivity contribution is 7.99. The van der Waals surface area contributed by atoms with Crippen molar-refractivity contribution in [3.8, 4) is 0 Å². The molecule has 84 valence electrons. The summed E-state index contributed by atoms with van der Waals surface area (Å²) in [7, 11) is 0. The number of hydrogen-bond acceptors (Lipinski definition) is 5. The zero-order valence-electron chi connectivity index (χ0n) is 8.98. The Bertz CT molecular complexity index is 307. The van der Waals surface area contributed by atoms with Crippen LogP contribution in [0.2, 0.25) is 0 Å². The Labute approximate surface area is 94.0 Å². The average molecular weight is 227 g/mol. The first kappa shape index (κ1) is 11.0. The van der Waals surface area contributed by atoms with Crippen LogP contribution in [-0.4, -0.2) is 21.1 Å². The van der Waals surface area contributed by atoms with E-state index in [1.165, 1.54) is 25.0 Å². The summed E-state index contributed by atoms with van der Waals surface area (Å²) in [6, 6.07) is -0.162. The third-order valence-electron chi connectivity index (χ3n) is 2.56. The van der Waals surface area contributed by atoms with Gasteiger partial charge in [-0.2, -0.15) is 16.7 Å². The van der Waals surface area contributed by atoms with Crippen molar-refractivity contribution < 1.29 is 4.52 Å². The van der Waals surface area contributed by atoms with Gasteiger partial charge in [-0.3, -0.25) is 0 Å². The number of aromatic nitrogens is 2. The Kier molecular flexibility index (Phi) is 3.64. The lowest BCUT2D eigenvalue weighted by molar-refractivity contribution is 0.357. The molecule has 0 spiro atoms. The van der Waals surface area contributed by atoms with Crippen LogP contribution in [0.25, 0.3) is 0 Å². The lowest BCUT2D eigenvalue weighted by Crippen LogP contribution is -2.13. The predicted molar refractivity (Wildman–Crippen MR) is 60.7 cm³/mol. The molecule has 4 nitrogen and oxygen atoms in total. The summed E-state index contributed by atoms with van der Waals surface area (Å²) in [5.74, 6) is 2.62. The van der Waals surface area contributed by atoms with E-state index in [2.05, 4.69) is 10.1 Å². The summed E-state index contributed by atoms with van der Waals surface area (Å²) < 4.78 is 5.07. The maximum Gasteiger partial charge on any atom is 0.243 e. The van der Waals surface area contributed by atoms with Gasteiger partial charge in [-0.25, -0.2) is 0 Å². The van der Waals surface area contributed by atoms with Crippen molar-refractivity contribution in [1.29, 1.82) is 0 Å². The van der Waals surface area contributed by atoms with Crippen molar-refractivity contribution >= 4 is 11.8 Å². The number of thioether (sulfide) groups is 1. The molecule has 1 saturated heterocycles. The van der Waals surface area contributed by atoms with E-state index in [9.17, 15) is 0 Å². The van der Waals surface area contributed by atoms with Crippen molar-refractivity contribution in [3.63, 3.8) is 0 Å². The highest BCUT2D eigenvalue weighted by atomic mass is 32.2. The lowest BCUT2D eigenvalue weighted by Gasteiger charge is -2.19. The minimum atomic E-state index is -0.162. The summed E-state index contributed by atoms with van der Waals surface area (Å²) in [6.45, 7) is 1.85. The van der Waals surface area contributed by atoms with Gasteiger partial charge in [-0.15, -0.1) is 0 Å². The van der Waals surface area contributed by atoms with E-state index in [0.717, 1.165) is 12.2 Å². The second-order valence-corrected chi connectivity index (χ2v) is 5.44. The smallest absolute Gasteiger partial charge is 0.243 e. The lowest BCUT2D eigenvalue weighted by atomic mass is 10.1. The van der Waals surface area contributed by atoms with Crippen LogP contribution in [-0.2, 0) is 6.42 Å². The van der Waals surface area contributed by atoms with Gasteiger partial charge in [0.05, 0.1) is 6.04 Å². The molecule has 0 radical (unpaired) electrons. The summed E-state index contributed by atoms with van der Waals surface area (Å²) in [5, 5.41) is 4.62. The normalized spacial score (nSPS) is 24.0. The summed E-state index contributed by atoms with van der Waals surface area (Å²) in [5.41, 5.74) is 5.66. The summed E-state index contributed by atoms with van der Waals surface area (Å²) in [4.78, 5) is 4.29. The topological polar surface area (TPSA) is 64.9 Å². The van der Waals surface area contributed by atoms with Crippen molar-refractivity contribution in [2.45, 2.75) is 43.9 Å². The Morgan fingerprint density at radius 2 is 2.47 bits per heavy atom. The van der Waals surface area contributed by atoms with Crippen LogP contribution in [0.5, 0.6) is 0 Å². The fourth-order valence-corrected chi connectivity index (χ4v) is 3.01. The van der Waals surface area contributed by atoms with Crippen LogP contribution >= 0.6 is 11.8 Å². The van der Waals surface area contributed by atoms with Crippen molar-refractivity contribution in [2.24, 2.45) is 5.73 Å². The molecule has 2 atom stereocenters.